The average molecular weight is 274 g/mol. The lowest BCUT2D eigenvalue weighted by Gasteiger charge is -2.36. The molecule has 1 amide bonds. The van der Waals surface area contributed by atoms with Crippen molar-refractivity contribution in [3.63, 3.8) is 0 Å². The Morgan fingerprint density at radius 3 is 2.53 bits per heavy atom. The normalized spacial score (nSPS) is 20.6. The maximum absolute atomic E-state index is 11.8. The third kappa shape index (κ3) is 4.14. The summed E-state index contributed by atoms with van der Waals surface area (Å²) in [6.45, 7) is 2.49. The summed E-state index contributed by atoms with van der Waals surface area (Å²) in [7, 11) is 0. The number of hydrogen-bond donors (Lipinski definition) is 2. The van der Waals surface area contributed by atoms with Crippen LogP contribution in [0.15, 0.2) is 0 Å². The van der Waals surface area contributed by atoms with Crippen molar-refractivity contribution < 1.29 is 4.79 Å². The molecular weight excluding hydrogens is 252 g/mol. The molecule has 5 heteroatoms. The lowest BCUT2D eigenvalue weighted by molar-refractivity contribution is -0.122. The van der Waals surface area contributed by atoms with E-state index >= 15 is 0 Å². The molecule has 0 aromatic carbocycles. The minimum atomic E-state index is -0.368. The molecule has 1 aliphatic rings. The number of carbonyl (C=O) groups excluding carboxylic acids is 1. The van der Waals surface area contributed by atoms with Crippen LogP contribution in [0.25, 0.3) is 0 Å². The molecule has 0 spiro atoms. The van der Waals surface area contributed by atoms with Gasteiger partial charge in [0.25, 0.3) is 0 Å². The molecule has 3 nitrogen and oxygen atoms in total. The summed E-state index contributed by atoms with van der Waals surface area (Å²) >= 11 is 6.71. The monoisotopic (exact) mass is 274 g/mol. The number of thioether (sulfide) groups is 1. The predicted molar refractivity (Wildman–Crippen MR) is 78.3 cm³/mol. The first-order valence-electron chi connectivity index (χ1n) is 6.13. The Labute approximate surface area is 113 Å². The van der Waals surface area contributed by atoms with Gasteiger partial charge in [-0.05, 0) is 26.0 Å². The Kier molecular flexibility index (Phi) is 5.73. The number of carbonyl (C=O) groups is 1. The molecule has 1 atom stereocenters. The average Bonchev–Trinajstić information content (AvgIpc) is 2.36. The lowest BCUT2D eigenvalue weighted by atomic mass is 9.88. The van der Waals surface area contributed by atoms with Gasteiger partial charge in [0.1, 0.15) is 0 Å². The Bertz CT molecular complexity index is 288. The fraction of sp³-hybridized carbons (Fsp3) is 0.833. The van der Waals surface area contributed by atoms with E-state index in [0.717, 1.165) is 6.54 Å². The van der Waals surface area contributed by atoms with Crippen LogP contribution in [0.3, 0.4) is 0 Å². The van der Waals surface area contributed by atoms with Gasteiger partial charge in [0.2, 0.25) is 5.91 Å². The molecule has 0 aliphatic heterocycles. The molecule has 0 saturated heterocycles. The first-order valence-corrected chi connectivity index (χ1v) is 7.76. The van der Waals surface area contributed by atoms with Gasteiger partial charge in [-0.25, -0.2) is 0 Å². The zero-order valence-electron chi connectivity index (χ0n) is 10.6. The number of thiocarbonyl (C=S) groups is 1. The zero-order valence-corrected chi connectivity index (χ0v) is 12.3. The van der Waals surface area contributed by atoms with E-state index in [0.29, 0.717) is 0 Å². The number of nitrogens with one attached hydrogen (secondary N) is 1. The molecule has 0 radical (unpaired) electrons. The Balaban J connectivity index is 2.47. The second-order valence-corrected chi connectivity index (χ2v) is 6.54. The fourth-order valence-electron chi connectivity index (χ4n) is 2.18. The topological polar surface area (TPSA) is 55.1 Å². The van der Waals surface area contributed by atoms with Gasteiger partial charge < -0.3 is 11.1 Å². The molecule has 1 rings (SSSR count). The van der Waals surface area contributed by atoms with Crippen molar-refractivity contribution in [1.29, 1.82) is 0 Å². The molecule has 0 aromatic heterocycles. The first kappa shape index (κ1) is 14.8. The maximum Gasteiger partial charge on any atom is 0.229 e. The van der Waals surface area contributed by atoms with Crippen molar-refractivity contribution in [2.45, 2.75) is 43.8 Å². The van der Waals surface area contributed by atoms with Gasteiger partial charge in [0.15, 0.2) is 0 Å². The van der Waals surface area contributed by atoms with Gasteiger partial charge >= 0.3 is 0 Å². The van der Waals surface area contributed by atoms with Crippen LogP contribution in [0.2, 0.25) is 0 Å². The summed E-state index contributed by atoms with van der Waals surface area (Å²) in [6, 6.07) is 0. The smallest absolute Gasteiger partial charge is 0.229 e. The molecule has 1 aliphatic carbocycles. The Hall–Kier alpha value is -0.290. The molecule has 98 valence electrons. The van der Waals surface area contributed by atoms with Gasteiger partial charge in [-0.15, -0.1) is 0 Å². The minimum Gasteiger partial charge on any atom is -0.393 e. The van der Waals surface area contributed by atoms with E-state index in [1.54, 1.807) is 6.92 Å². The van der Waals surface area contributed by atoms with Gasteiger partial charge in [0.05, 0.1) is 10.9 Å². The Morgan fingerprint density at radius 2 is 2.06 bits per heavy atom. The highest BCUT2D eigenvalue weighted by Gasteiger charge is 2.32. The highest BCUT2D eigenvalue weighted by Crippen LogP contribution is 2.37. The zero-order chi connectivity index (χ0) is 12.9. The van der Waals surface area contributed by atoms with Gasteiger partial charge in [-0.2, -0.15) is 11.8 Å². The van der Waals surface area contributed by atoms with Crippen LogP contribution in [0.5, 0.6) is 0 Å². The standard InChI is InChI=1S/C12H22N2OS2/c1-9(10(13)16)11(15)14-8-12(17-2)6-4-3-5-7-12/h9H,3-8H2,1-2H3,(H2,13,16)(H,14,15). The van der Waals surface area contributed by atoms with E-state index in [4.69, 9.17) is 18.0 Å². The second kappa shape index (κ2) is 6.59. The van der Waals surface area contributed by atoms with Crippen molar-refractivity contribution in [3.8, 4) is 0 Å². The van der Waals surface area contributed by atoms with E-state index in [9.17, 15) is 4.79 Å². The molecule has 17 heavy (non-hydrogen) atoms. The van der Waals surface area contributed by atoms with Crippen LogP contribution in [-0.4, -0.2) is 28.4 Å². The van der Waals surface area contributed by atoms with E-state index in [-0.39, 0.29) is 21.6 Å². The molecule has 0 heterocycles. The summed E-state index contributed by atoms with van der Waals surface area (Å²) < 4.78 is 0.226. The number of rotatable bonds is 5. The fourth-order valence-corrected chi connectivity index (χ4v) is 3.20. The number of hydrogen-bond acceptors (Lipinski definition) is 3. The molecule has 1 saturated carbocycles. The third-order valence-corrected chi connectivity index (χ3v) is 5.37. The summed E-state index contributed by atoms with van der Waals surface area (Å²) in [5.41, 5.74) is 5.48. The lowest BCUT2D eigenvalue weighted by Crippen LogP contribution is -2.45. The summed E-state index contributed by atoms with van der Waals surface area (Å²) in [6.07, 6.45) is 8.36. The molecule has 3 N–H and O–H groups in total. The van der Waals surface area contributed by atoms with Crippen LogP contribution in [0, 0.1) is 5.92 Å². The second-order valence-electron chi connectivity index (χ2n) is 4.79. The summed E-state index contributed by atoms with van der Waals surface area (Å²) in [5.74, 6) is -0.413. The molecule has 1 fully saturated rings. The summed E-state index contributed by atoms with van der Waals surface area (Å²) in [4.78, 5) is 12.1. The maximum atomic E-state index is 11.8. The number of nitrogens with two attached hydrogens (primary N) is 1. The van der Waals surface area contributed by atoms with Crippen molar-refractivity contribution >= 4 is 34.9 Å². The predicted octanol–water partition coefficient (Wildman–Crippen LogP) is 2.09. The first-order chi connectivity index (χ1) is 8.01. The minimum absolute atomic E-state index is 0.0449. The van der Waals surface area contributed by atoms with Gasteiger partial charge in [-0.1, -0.05) is 31.5 Å². The molecule has 0 aromatic rings. The number of amides is 1. The molecule has 0 bridgehead atoms. The van der Waals surface area contributed by atoms with Gasteiger partial charge in [-0.3, -0.25) is 4.79 Å². The van der Waals surface area contributed by atoms with E-state index < -0.39 is 0 Å². The summed E-state index contributed by atoms with van der Waals surface area (Å²) in [5, 5.41) is 3.00. The van der Waals surface area contributed by atoms with E-state index in [1.807, 2.05) is 11.8 Å². The molecular formula is C12H22N2OS2. The van der Waals surface area contributed by atoms with Crippen molar-refractivity contribution in [2.24, 2.45) is 11.7 Å². The van der Waals surface area contributed by atoms with Crippen molar-refractivity contribution in [3.05, 3.63) is 0 Å². The largest absolute Gasteiger partial charge is 0.393 e. The van der Waals surface area contributed by atoms with Crippen molar-refractivity contribution in [1.82, 2.24) is 5.32 Å². The SMILES string of the molecule is CSC1(CNC(=O)C(C)C(N)=S)CCCCC1. The van der Waals surface area contributed by atoms with Crippen LogP contribution in [-0.2, 0) is 4.79 Å². The van der Waals surface area contributed by atoms with Crippen LogP contribution >= 0.6 is 24.0 Å². The van der Waals surface area contributed by atoms with E-state index in [1.165, 1.54) is 32.1 Å². The molecule has 1 unspecified atom stereocenters. The van der Waals surface area contributed by atoms with E-state index in [2.05, 4.69) is 11.6 Å². The Morgan fingerprint density at radius 1 is 1.47 bits per heavy atom. The van der Waals surface area contributed by atoms with Crippen LogP contribution in [0.4, 0.5) is 0 Å². The quantitative estimate of drug-likeness (QED) is 0.754. The van der Waals surface area contributed by atoms with Crippen LogP contribution in [0.1, 0.15) is 39.0 Å². The highest BCUT2D eigenvalue weighted by molar-refractivity contribution is 8.00. The van der Waals surface area contributed by atoms with Crippen LogP contribution < -0.4 is 11.1 Å². The van der Waals surface area contributed by atoms with Crippen molar-refractivity contribution in [2.75, 3.05) is 12.8 Å². The van der Waals surface area contributed by atoms with Gasteiger partial charge in [0, 0.05) is 11.3 Å². The highest BCUT2D eigenvalue weighted by atomic mass is 32.2. The third-order valence-electron chi connectivity index (χ3n) is 3.60.